The average Bonchev–Trinajstić information content (AvgIpc) is 3.36. The fourth-order valence-electron chi connectivity index (χ4n) is 3.14. The van der Waals surface area contributed by atoms with Crippen LogP contribution in [-0.2, 0) is 14.3 Å². The number of rotatable bonds is 5. The Morgan fingerprint density at radius 2 is 1.97 bits per heavy atom. The number of hydrogen-bond donors (Lipinski definition) is 1. The maximum atomic E-state index is 12.2. The molecule has 0 unspecified atom stereocenters. The second kappa shape index (κ2) is 8.00. The largest absolute Gasteiger partial charge is 0.454 e. The molecule has 2 aromatic carbocycles. The van der Waals surface area contributed by atoms with E-state index in [-0.39, 0.29) is 23.3 Å². The van der Waals surface area contributed by atoms with E-state index in [0.29, 0.717) is 30.2 Å². The summed E-state index contributed by atoms with van der Waals surface area (Å²) in [5.74, 6) is -0.374. The quantitative estimate of drug-likeness (QED) is 0.753. The summed E-state index contributed by atoms with van der Waals surface area (Å²) < 4.78 is 15.4. The second-order valence-electron chi connectivity index (χ2n) is 6.51. The molecule has 2 aromatic rings. The zero-order chi connectivity index (χ0) is 20.4. The van der Waals surface area contributed by atoms with Gasteiger partial charge in [-0.15, -0.1) is 0 Å². The zero-order valence-corrected chi connectivity index (χ0v) is 16.0. The van der Waals surface area contributed by atoms with Gasteiger partial charge in [0.2, 0.25) is 12.7 Å². The molecule has 2 heterocycles. The van der Waals surface area contributed by atoms with E-state index >= 15 is 0 Å². The molecule has 29 heavy (non-hydrogen) atoms. The highest BCUT2D eigenvalue weighted by Crippen LogP contribution is 2.39. The van der Waals surface area contributed by atoms with E-state index in [2.05, 4.69) is 5.32 Å². The minimum Gasteiger partial charge on any atom is -0.454 e. The first kappa shape index (κ1) is 19.1. The minimum absolute atomic E-state index is 0.0284. The number of ether oxygens (including phenoxy) is 3. The molecule has 150 valence electrons. The van der Waals surface area contributed by atoms with Gasteiger partial charge in [0.05, 0.1) is 10.6 Å². The molecule has 1 fully saturated rings. The molecule has 8 nitrogen and oxygen atoms in total. The van der Waals surface area contributed by atoms with Crippen LogP contribution in [0, 0.1) is 0 Å². The topological polar surface area (TPSA) is 94.2 Å². The van der Waals surface area contributed by atoms with Crippen LogP contribution in [0.15, 0.2) is 36.4 Å². The molecule has 0 radical (unpaired) electrons. The van der Waals surface area contributed by atoms with Crippen molar-refractivity contribution in [3.8, 4) is 11.5 Å². The summed E-state index contributed by atoms with van der Waals surface area (Å²) in [6.07, 6.45) is 1.40. The maximum absolute atomic E-state index is 12.2. The van der Waals surface area contributed by atoms with Crippen LogP contribution < -0.4 is 19.7 Å². The molecule has 0 aliphatic carbocycles. The van der Waals surface area contributed by atoms with Crippen molar-refractivity contribution >= 4 is 40.8 Å². The molecule has 0 spiro atoms. The van der Waals surface area contributed by atoms with E-state index in [1.165, 1.54) is 12.1 Å². The molecule has 0 atom stereocenters. The summed E-state index contributed by atoms with van der Waals surface area (Å²) in [5, 5.41) is 2.87. The zero-order valence-electron chi connectivity index (χ0n) is 15.3. The van der Waals surface area contributed by atoms with E-state index in [0.717, 1.165) is 12.1 Å². The SMILES string of the molecule is O=C(COC(=O)c1cc(Cl)c2c(c1)OCO2)Nc1ccc(N2CCCC2=O)cc1. The molecule has 0 saturated carbocycles. The van der Waals surface area contributed by atoms with Crippen LogP contribution in [0.25, 0.3) is 0 Å². The van der Waals surface area contributed by atoms with Crippen LogP contribution >= 0.6 is 11.6 Å². The standard InChI is InChI=1S/C20H17ClN2O6/c21-15-8-12(9-16-19(15)29-11-28-16)20(26)27-10-17(24)22-13-3-5-14(6-4-13)23-7-1-2-18(23)25/h3-6,8-9H,1-2,7,10-11H2,(H,22,24). The van der Waals surface area contributed by atoms with Gasteiger partial charge in [-0.25, -0.2) is 4.79 Å². The summed E-state index contributed by atoms with van der Waals surface area (Å²) in [6.45, 7) is 0.266. The summed E-state index contributed by atoms with van der Waals surface area (Å²) >= 11 is 6.04. The number of amides is 2. The molecule has 1 N–H and O–H groups in total. The highest BCUT2D eigenvalue weighted by molar-refractivity contribution is 6.32. The Hall–Kier alpha value is -3.26. The Kier molecular flexibility index (Phi) is 5.26. The van der Waals surface area contributed by atoms with Gasteiger partial charge in [-0.2, -0.15) is 0 Å². The molecule has 9 heteroatoms. The van der Waals surface area contributed by atoms with E-state index < -0.39 is 18.5 Å². The highest BCUT2D eigenvalue weighted by Gasteiger charge is 2.23. The molecule has 1 saturated heterocycles. The van der Waals surface area contributed by atoms with Crippen molar-refractivity contribution in [1.29, 1.82) is 0 Å². The Morgan fingerprint density at radius 1 is 1.17 bits per heavy atom. The summed E-state index contributed by atoms with van der Waals surface area (Å²) in [6, 6.07) is 9.76. The van der Waals surface area contributed by atoms with Crippen LogP contribution in [0.2, 0.25) is 5.02 Å². The van der Waals surface area contributed by atoms with Crippen molar-refractivity contribution in [3.63, 3.8) is 0 Å². The highest BCUT2D eigenvalue weighted by atomic mass is 35.5. The number of halogens is 1. The van der Waals surface area contributed by atoms with Gasteiger partial charge in [0.15, 0.2) is 18.1 Å². The maximum Gasteiger partial charge on any atom is 0.338 e. The first-order chi connectivity index (χ1) is 14.0. The van der Waals surface area contributed by atoms with E-state index in [4.69, 9.17) is 25.8 Å². The normalized spacial score (nSPS) is 14.8. The van der Waals surface area contributed by atoms with Gasteiger partial charge < -0.3 is 24.4 Å². The summed E-state index contributed by atoms with van der Waals surface area (Å²) in [4.78, 5) is 37.7. The Morgan fingerprint density at radius 3 is 2.69 bits per heavy atom. The van der Waals surface area contributed by atoms with Gasteiger partial charge in [0, 0.05) is 24.3 Å². The molecule has 2 amide bonds. The number of benzene rings is 2. The lowest BCUT2D eigenvalue weighted by Gasteiger charge is -2.16. The van der Waals surface area contributed by atoms with Crippen LogP contribution in [0.1, 0.15) is 23.2 Å². The van der Waals surface area contributed by atoms with Gasteiger partial charge in [-0.1, -0.05) is 11.6 Å². The lowest BCUT2D eigenvalue weighted by molar-refractivity contribution is -0.119. The molecule has 2 aliphatic heterocycles. The Balaban J connectivity index is 1.31. The number of fused-ring (bicyclic) bond motifs is 1. The number of hydrogen-bond acceptors (Lipinski definition) is 6. The van der Waals surface area contributed by atoms with Gasteiger partial charge in [-0.05, 0) is 42.8 Å². The number of carbonyl (C=O) groups is 3. The van der Waals surface area contributed by atoms with Crippen LogP contribution in [0.3, 0.4) is 0 Å². The van der Waals surface area contributed by atoms with Crippen molar-refractivity contribution in [1.82, 2.24) is 0 Å². The predicted octanol–water partition coefficient (Wildman–Crippen LogP) is 2.99. The van der Waals surface area contributed by atoms with Crippen molar-refractivity contribution in [2.45, 2.75) is 12.8 Å². The molecular weight excluding hydrogens is 400 g/mol. The lowest BCUT2D eigenvalue weighted by atomic mass is 10.2. The first-order valence-electron chi connectivity index (χ1n) is 8.98. The fraction of sp³-hybridized carbons (Fsp3) is 0.250. The van der Waals surface area contributed by atoms with Gasteiger partial charge in [0.25, 0.3) is 5.91 Å². The fourth-order valence-corrected chi connectivity index (χ4v) is 3.41. The van der Waals surface area contributed by atoms with Crippen LogP contribution in [0.5, 0.6) is 11.5 Å². The van der Waals surface area contributed by atoms with Gasteiger partial charge in [0.1, 0.15) is 0 Å². The molecular formula is C20H17ClN2O6. The molecule has 4 rings (SSSR count). The number of nitrogens with zero attached hydrogens (tertiary/aromatic N) is 1. The second-order valence-corrected chi connectivity index (χ2v) is 6.92. The smallest absolute Gasteiger partial charge is 0.338 e. The number of anilines is 2. The van der Waals surface area contributed by atoms with E-state index in [1.807, 2.05) is 0 Å². The Labute approximate surface area is 171 Å². The first-order valence-corrected chi connectivity index (χ1v) is 9.35. The number of carbonyl (C=O) groups excluding carboxylic acids is 3. The number of esters is 1. The predicted molar refractivity (Wildman–Crippen MR) is 105 cm³/mol. The van der Waals surface area contributed by atoms with Crippen molar-refractivity contribution in [2.24, 2.45) is 0 Å². The molecule has 0 aromatic heterocycles. The molecule has 0 bridgehead atoms. The lowest BCUT2D eigenvalue weighted by Crippen LogP contribution is -2.23. The third-order valence-electron chi connectivity index (χ3n) is 4.53. The van der Waals surface area contributed by atoms with Crippen molar-refractivity contribution in [3.05, 3.63) is 47.0 Å². The van der Waals surface area contributed by atoms with Crippen LogP contribution in [0.4, 0.5) is 11.4 Å². The monoisotopic (exact) mass is 416 g/mol. The van der Waals surface area contributed by atoms with Crippen molar-refractivity contribution in [2.75, 3.05) is 30.2 Å². The summed E-state index contributed by atoms with van der Waals surface area (Å²) in [5.41, 5.74) is 1.48. The van der Waals surface area contributed by atoms with E-state index in [1.54, 1.807) is 29.2 Å². The van der Waals surface area contributed by atoms with Gasteiger partial charge >= 0.3 is 5.97 Å². The third kappa shape index (κ3) is 4.12. The van der Waals surface area contributed by atoms with Crippen LogP contribution in [-0.4, -0.2) is 37.7 Å². The average molecular weight is 417 g/mol. The van der Waals surface area contributed by atoms with Gasteiger partial charge in [-0.3, -0.25) is 9.59 Å². The Bertz CT molecular complexity index is 976. The molecule has 2 aliphatic rings. The minimum atomic E-state index is -0.705. The summed E-state index contributed by atoms with van der Waals surface area (Å²) in [7, 11) is 0. The third-order valence-corrected chi connectivity index (χ3v) is 4.81. The van der Waals surface area contributed by atoms with Crippen molar-refractivity contribution < 1.29 is 28.6 Å². The number of nitrogens with one attached hydrogen (secondary N) is 1. The van der Waals surface area contributed by atoms with E-state index in [9.17, 15) is 14.4 Å².